The molecular weight excluding hydrogens is 328 g/mol. The van der Waals surface area contributed by atoms with E-state index in [1.165, 1.54) is 0 Å². The van der Waals surface area contributed by atoms with E-state index in [2.05, 4.69) is 14.9 Å². The number of ether oxygens (including phenoxy) is 1. The van der Waals surface area contributed by atoms with Gasteiger partial charge in [-0.3, -0.25) is 4.79 Å². The molecule has 1 amide bonds. The fourth-order valence-electron chi connectivity index (χ4n) is 2.70. The van der Waals surface area contributed by atoms with Crippen LogP contribution in [-0.4, -0.2) is 58.5 Å². The van der Waals surface area contributed by atoms with Gasteiger partial charge >= 0.3 is 0 Å². The van der Waals surface area contributed by atoms with Crippen LogP contribution in [0, 0.1) is 13.8 Å². The average Bonchev–Trinajstić information content (AvgIpc) is 2.95. The highest BCUT2D eigenvalue weighted by Crippen LogP contribution is 2.22. The molecule has 0 bridgehead atoms. The minimum Gasteiger partial charge on any atom is -0.478 e. The Hall–Kier alpha value is -2.34. The predicted octanol–water partition coefficient (Wildman–Crippen LogP) is 2.77. The first-order valence-electron chi connectivity index (χ1n) is 8.87. The lowest BCUT2D eigenvalue weighted by Crippen LogP contribution is -2.50. The molecular formula is C20H30N4O2. The summed E-state index contributed by atoms with van der Waals surface area (Å²) >= 11 is 0. The number of aromatic amines is 1. The lowest BCUT2D eigenvalue weighted by atomic mass is 10.1. The molecule has 142 valence electrons. The summed E-state index contributed by atoms with van der Waals surface area (Å²) in [6.07, 6.45) is 1.66. The van der Waals surface area contributed by atoms with Crippen molar-refractivity contribution in [2.75, 3.05) is 27.2 Å². The third-order valence-corrected chi connectivity index (χ3v) is 4.26. The standard InChI is InChI=1S/C20H30N4O2/c1-15-8-7-9-17(12-15)26-20(3,4)19(25)24(11-10-23(5)6)13-18-16(2)21-14-22-18/h7-9,12,14H,10-11,13H2,1-6H3,(H,21,22). The smallest absolute Gasteiger partial charge is 0.266 e. The first kappa shape index (κ1) is 20.0. The molecule has 1 heterocycles. The number of carbonyl (C=O) groups is 1. The van der Waals surface area contributed by atoms with Crippen molar-refractivity contribution >= 4 is 5.91 Å². The van der Waals surface area contributed by atoms with E-state index < -0.39 is 5.60 Å². The molecule has 2 rings (SSSR count). The number of benzene rings is 1. The van der Waals surface area contributed by atoms with Gasteiger partial charge in [-0.15, -0.1) is 0 Å². The van der Waals surface area contributed by atoms with Crippen molar-refractivity contribution in [3.63, 3.8) is 0 Å². The van der Waals surface area contributed by atoms with Crippen LogP contribution in [0.4, 0.5) is 0 Å². The highest BCUT2D eigenvalue weighted by Gasteiger charge is 2.34. The largest absolute Gasteiger partial charge is 0.478 e. The lowest BCUT2D eigenvalue weighted by Gasteiger charge is -2.33. The van der Waals surface area contributed by atoms with E-state index in [1.54, 1.807) is 6.33 Å². The van der Waals surface area contributed by atoms with Crippen LogP contribution in [0.25, 0.3) is 0 Å². The summed E-state index contributed by atoms with van der Waals surface area (Å²) in [5, 5.41) is 0. The Bertz CT molecular complexity index is 737. The molecule has 2 aromatic rings. The van der Waals surface area contributed by atoms with Gasteiger partial charge in [0.2, 0.25) is 0 Å². The monoisotopic (exact) mass is 358 g/mol. The highest BCUT2D eigenvalue weighted by atomic mass is 16.5. The molecule has 0 aliphatic heterocycles. The molecule has 0 fully saturated rings. The van der Waals surface area contributed by atoms with Crippen LogP contribution in [0.2, 0.25) is 0 Å². The Kier molecular flexibility index (Phi) is 6.42. The maximum atomic E-state index is 13.2. The van der Waals surface area contributed by atoms with Gasteiger partial charge in [0.1, 0.15) is 5.75 Å². The second-order valence-electron chi connectivity index (χ2n) is 7.43. The molecule has 0 radical (unpaired) electrons. The number of imidazole rings is 1. The SMILES string of the molecule is Cc1cccc(OC(C)(C)C(=O)N(CCN(C)C)Cc2nc[nH]c2C)c1. The molecule has 0 unspecified atom stereocenters. The second kappa shape index (κ2) is 8.36. The molecule has 6 heteroatoms. The van der Waals surface area contributed by atoms with Crippen molar-refractivity contribution < 1.29 is 9.53 Å². The zero-order valence-corrected chi connectivity index (χ0v) is 16.7. The predicted molar refractivity (Wildman–Crippen MR) is 103 cm³/mol. The normalized spacial score (nSPS) is 11.7. The topological polar surface area (TPSA) is 61.5 Å². The van der Waals surface area contributed by atoms with Gasteiger partial charge in [0, 0.05) is 18.8 Å². The van der Waals surface area contributed by atoms with Gasteiger partial charge in [0.05, 0.1) is 18.6 Å². The maximum absolute atomic E-state index is 13.2. The van der Waals surface area contributed by atoms with E-state index in [0.29, 0.717) is 18.8 Å². The van der Waals surface area contributed by atoms with Gasteiger partial charge in [-0.05, 0) is 59.5 Å². The molecule has 0 spiro atoms. The second-order valence-corrected chi connectivity index (χ2v) is 7.43. The summed E-state index contributed by atoms with van der Waals surface area (Å²) in [4.78, 5) is 24.5. The fraction of sp³-hybridized carbons (Fsp3) is 0.500. The minimum atomic E-state index is -0.968. The van der Waals surface area contributed by atoms with Crippen LogP contribution in [0.3, 0.4) is 0 Å². The first-order valence-corrected chi connectivity index (χ1v) is 8.87. The van der Waals surface area contributed by atoms with Crippen molar-refractivity contribution in [2.24, 2.45) is 0 Å². The van der Waals surface area contributed by atoms with E-state index in [4.69, 9.17) is 4.74 Å². The van der Waals surface area contributed by atoms with Crippen molar-refractivity contribution in [3.8, 4) is 5.75 Å². The van der Waals surface area contributed by atoms with Crippen molar-refractivity contribution in [1.82, 2.24) is 19.8 Å². The maximum Gasteiger partial charge on any atom is 0.266 e. The number of H-pyrrole nitrogens is 1. The molecule has 0 aliphatic rings. The minimum absolute atomic E-state index is 0.0525. The summed E-state index contributed by atoms with van der Waals surface area (Å²) in [7, 11) is 3.99. The van der Waals surface area contributed by atoms with Crippen LogP contribution in [-0.2, 0) is 11.3 Å². The summed E-state index contributed by atoms with van der Waals surface area (Å²) in [6, 6.07) is 7.76. The van der Waals surface area contributed by atoms with E-state index in [1.807, 2.05) is 71.0 Å². The van der Waals surface area contributed by atoms with Crippen LogP contribution in [0.5, 0.6) is 5.75 Å². The number of carbonyl (C=O) groups excluding carboxylic acids is 1. The zero-order chi connectivity index (χ0) is 19.3. The highest BCUT2D eigenvalue weighted by molar-refractivity contribution is 5.84. The van der Waals surface area contributed by atoms with Crippen LogP contribution >= 0.6 is 0 Å². The summed E-state index contributed by atoms with van der Waals surface area (Å²) < 4.78 is 6.05. The molecule has 1 aromatic heterocycles. The quantitative estimate of drug-likeness (QED) is 0.788. The number of rotatable bonds is 8. The number of likely N-dealkylation sites (N-methyl/N-ethyl adjacent to an activating group) is 1. The van der Waals surface area contributed by atoms with Gasteiger partial charge in [-0.25, -0.2) is 4.98 Å². The third kappa shape index (κ3) is 5.33. The Morgan fingerprint density at radius 2 is 1.96 bits per heavy atom. The van der Waals surface area contributed by atoms with E-state index >= 15 is 0 Å². The number of nitrogens with zero attached hydrogens (tertiary/aromatic N) is 3. The van der Waals surface area contributed by atoms with E-state index in [0.717, 1.165) is 23.5 Å². The summed E-state index contributed by atoms with van der Waals surface area (Å²) in [5.41, 5.74) is 1.99. The van der Waals surface area contributed by atoms with Crippen LogP contribution in [0.15, 0.2) is 30.6 Å². The molecule has 26 heavy (non-hydrogen) atoms. The third-order valence-electron chi connectivity index (χ3n) is 4.26. The first-order chi connectivity index (χ1) is 12.2. The number of hydrogen-bond acceptors (Lipinski definition) is 4. The number of aryl methyl sites for hydroxylation is 2. The Balaban J connectivity index is 2.18. The molecule has 0 atom stereocenters. The zero-order valence-electron chi connectivity index (χ0n) is 16.7. The number of amides is 1. The molecule has 6 nitrogen and oxygen atoms in total. The molecule has 1 N–H and O–H groups in total. The van der Waals surface area contributed by atoms with Crippen molar-refractivity contribution in [2.45, 2.75) is 39.8 Å². The average molecular weight is 358 g/mol. The molecule has 0 saturated heterocycles. The number of aromatic nitrogens is 2. The van der Waals surface area contributed by atoms with Gasteiger partial charge in [0.15, 0.2) is 5.60 Å². The van der Waals surface area contributed by atoms with Crippen LogP contribution in [0.1, 0.15) is 30.8 Å². The van der Waals surface area contributed by atoms with Crippen molar-refractivity contribution in [3.05, 3.63) is 47.5 Å². The number of hydrogen-bond donors (Lipinski definition) is 1. The molecule has 0 saturated carbocycles. The Morgan fingerprint density at radius 3 is 2.54 bits per heavy atom. The summed E-state index contributed by atoms with van der Waals surface area (Å²) in [5.74, 6) is 0.648. The van der Waals surface area contributed by atoms with Gasteiger partial charge in [-0.2, -0.15) is 0 Å². The Labute approximate surface area is 156 Å². The van der Waals surface area contributed by atoms with E-state index in [9.17, 15) is 4.79 Å². The van der Waals surface area contributed by atoms with Gasteiger partial charge < -0.3 is 19.5 Å². The van der Waals surface area contributed by atoms with Gasteiger partial charge in [-0.1, -0.05) is 12.1 Å². The van der Waals surface area contributed by atoms with E-state index in [-0.39, 0.29) is 5.91 Å². The van der Waals surface area contributed by atoms with Gasteiger partial charge in [0.25, 0.3) is 5.91 Å². The molecule has 0 aliphatic carbocycles. The lowest BCUT2D eigenvalue weighted by molar-refractivity contribution is -0.146. The van der Waals surface area contributed by atoms with Crippen LogP contribution < -0.4 is 4.74 Å². The fourth-order valence-corrected chi connectivity index (χ4v) is 2.70. The Morgan fingerprint density at radius 1 is 1.23 bits per heavy atom. The summed E-state index contributed by atoms with van der Waals surface area (Å²) in [6.45, 7) is 9.45. The number of nitrogens with one attached hydrogen (secondary N) is 1. The van der Waals surface area contributed by atoms with Crippen molar-refractivity contribution in [1.29, 1.82) is 0 Å². The molecule has 1 aromatic carbocycles.